The van der Waals surface area contributed by atoms with Crippen molar-refractivity contribution in [3.8, 4) is 10.7 Å². The minimum Gasteiger partial charge on any atom is -0.384 e. The second kappa shape index (κ2) is 9.71. The maximum Gasteiger partial charge on any atom is 0.251 e. The van der Waals surface area contributed by atoms with Gasteiger partial charge in [-0.3, -0.25) is 9.59 Å². The van der Waals surface area contributed by atoms with Crippen LogP contribution in [0.15, 0.2) is 6.20 Å². The molecule has 2 aromatic heterocycles. The van der Waals surface area contributed by atoms with Crippen LogP contribution in [0.5, 0.6) is 0 Å². The number of hydrogen-bond donors (Lipinski definition) is 2. The Bertz CT molecular complexity index is 970. The van der Waals surface area contributed by atoms with Crippen LogP contribution in [0.4, 0.5) is 11.1 Å². The molecular weight excluding hydrogens is 436 g/mol. The molecule has 0 bridgehead atoms. The molecule has 2 saturated heterocycles. The van der Waals surface area contributed by atoms with Crippen LogP contribution in [0.25, 0.3) is 10.7 Å². The Hall–Kier alpha value is -2.90. The number of nitrogens with zero attached hydrogens (tertiary/aromatic N) is 7. The molecule has 2 aliphatic heterocycles. The number of aliphatic hydroxyl groups excluding tert-OH is 1. The molecule has 0 aromatic carbocycles. The highest BCUT2D eigenvalue weighted by molar-refractivity contribution is 7.18. The van der Waals surface area contributed by atoms with E-state index in [-0.39, 0.29) is 18.2 Å². The van der Waals surface area contributed by atoms with Crippen molar-refractivity contribution in [2.45, 2.75) is 19.4 Å². The molecule has 2 fully saturated rings. The lowest BCUT2D eigenvalue weighted by atomic mass is 10.2. The van der Waals surface area contributed by atoms with Crippen molar-refractivity contribution in [3.63, 3.8) is 0 Å². The van der Waals surface area contributed by atoms with Gasteiger partial charge in [-0.15, -0.1) is 0 Å². The van der Waals surface area contributed by atoms with Crippen LogP contribution in [0, 0.1) is 0 Å². The zero-order valence-corrected chi connectivity index (χ0v) is 18.6. The van der Waals surface area contributed by atoms with Crippen molar-refractivity contribution >= 4 is 34.2 Å². The number of nitrogens with two attached hydrogens (primary N) is 1. The summed E-state index contributed by atoms with van der Waals surface area (Å²) in [6.45, 7) is 5.49. The van der Waals surface area contributed by atoms with E-state index in [1.54, 1.807) is 16.0 Å². The Morgan fingerprint density at radius 1 is 1.12 bits per heavy atom. The van der Waals surface area contributed by atoms with Crippen LogP contribution in [0.2, 0.25) is 0 Å². The first-order valence-electron chi connectivity index (χ1n) is 10.4. The van der Waals surface area contributed by atoms with Crippen molar-refractivity contribution in [3.05, 3.63) is 12.0 Å². The van der Waals surface area contributed by atoms with E-state index in [2.05, 4.69) is 19.9 Å². The number of carbonyl (C=O) groups excluding carboxylic acids is 2. The van der Waals surface area contributed by atoms with Gasteiger partial charge in [0.05, 0.1) is 30.7 Å². The molecule has 32 heavy (non-hydrogen) atoms. The van der Waals surface area contributed by atoms with Crippen LogP contribution in [0.3, 0.4) is 0 Å². The quantitative estimate of drug-likeness (QED) is 0.566. The highest BCUT2D eigenvalue weighted by atomic mass is 32.1. The van der Waals surface area contributed by atoms with Gasteiger partial charge in [-0.1, -0.05) is 11.3 Å². The first-order valence-corrected chi connectivity index (χ1v) is 11.3. The average molecular weight is 463 g/mol. The molecule has 1 unspecified atom stereocenters. The number of ether oxygens (including phenoxy) is 1. The minimum absolute atomic E-state index is 0.0193. The normalized spacial score (nSPS) is 18.0. The van der Waals surface area contributed by atoms with E-state index in [0.29, 0.717) is 80.1 Å². The predicted molar refractivity (Wildman–Crippen MR) is 117 cm³/mol. The standard InChI is InChI=1S/C19H26N8O4S/c1-12(28)17(30)26-4-2-25(3-5-26)15(29)10-14-22-16(13-11-21-18(20)32-13)24-19(23-14)27-6-8-31-9-7-27/h11-12,28H,2-10H2,1H3,(H2,20,21). The molecule has 1 atom stereocenters. The molecule has 2 aliphatic rings. The van der Waals surface area contributed by atoms with Crippen LogP contribution in [-0.4, -0.2) is 105 Å². The lowest BCUT2D eigenvalue weighted by Crippen LogP contribution is -2.52. The Balaban J connectivity index is 1.49. The third kappa shape index (κ3) is 5.11. The molecule has 172 valence electrons. The van der Waals surface area contributed by atoms with Gasteiger partial charge in [0.1, 0.15) is 11.9 Å². The molecule has 12 nitrogen and oxygen atoms in total. The van der Waals surface area contributed by atoms with E-state index in [1.807, 2.05) is 4.90 Å². The topological polar surface area (TPSA) is 151 Å². The molecular formula is C19H26N8O4S. The van der Waals surface area contributed by atoms with Gasteiger partial charge >= 0.3 is 0 Å². The van der Waals surface area contributed by atoms with E-state index in [9.17, 15) is 14.7 Å². The van der Waals surface area contributed by atoms with Crippen LogP contribution >= 0.6 is 11.3 Å². The van der Waals surface area contributed by atoms with E-state index in [1.165, 1.54) is 18.3 Å². The average Bonchev–Trinajstić information content (AvgIpc) is 3.25. The maximum atomic E-state index is 12.9. The number of thiazole rings is 1. The first kappa shape index (κ1) is 22.3. The highest BCUT2D eigenvalue weighted by Gasteiger charge is 2.27. The molecule has 3 N–H and O–H groups in total. The summed E-state index contributed by atoms with van der Waals surface area (Å²) >= 11 is 1.27. The number of amides is 2. The molecule has 0 radical (unpaired) electrons. The lowest BCUT2D eigenvalue weighted by molar-refractivity contribution is -0.144. The highest BCUT2D eigenvalue weighted by Crippen LogP contribution is 2.26. The summed E-state index contributed by atoms with van der Waals surface area (Å²) in [7, 11) is 0. The fraction of sp³-hybridized carbons (Fsp3) is 0.579. The van der Waals surface area contributed by atoms with Crippen molar-refractivity contribution in [2.75, 3.05) is 63.1 Å². The first-order chi connectivity index (χ1) is 15.4. The molecule has 2 aromatic rings. The van der Waals surface area contributed by atoms with E-state index in [4.69, 9.17) is 10.5 Å². The third-order valence-electron chi connectivity index (χ3n) is 5.32. The molecule has 0 saturated carbocycles. The van der Waals surface area contributed by atoms with Gasteiger partial charge in [0.2, 0.25) is 11.9 Å². The van der Waals surface area contributed by atoms with Gasteiger partial charge in [-0.05, 0) is 6.92 Å². The minimum atomic E-state index is -1.04. The summed E-state index contributed by atoms with van der Waals surface area (Å²) < 4.78 is 5.41. The number of nitrogen functional groups attached to an aromatic ring is 1. The fourth-order valence-electron chi connectivity index (χ4n) is 3.58. The van der Waals surface area contributed by atoms with Gasteiger partial charge in [-0.25, -0.2) is 9.97 Å². The van der Waals surface area contributed by atoms with E-state index >= 15 is 0 Å². The number of aromatic nitrogens is 4. The number of carbonyl (C=O) groups is 2. The summed E-state index contributed by atoms with van der Waals surface area (Å²) in [5.74, 6) is 0.864. The Morgan fingerprint density at radius 2 is 1.81 bits per heavy atom. The Labute approximate surface area is 189 Å². The molecule has 4 heterocycles. The summed E-state index contributed by atoms with van der Waals surface area (Å²) in [4.78, 5) is 48.5. The van der Waals surface area contributed by atoms with E-state index in [0.717, 1.165) is 0 Å². The number of hydrogen-bond acceptors (Lipinski definition) is 11. The zero-order chi connectivity index (χ0) is 22.7. The number of morpholine rings is 1. The maximum absolute atomic E-state index is 12.9. The van der Waals surface area contributed by atoms with Gasteiger partial charge in [0, 0.05) is 39.3 Å². The zero-order valence-electron chi connectivity index (χ0n) is 17.8. The number of aliphatic hydroxyl groups is 1. The second-order valence-corrected chi connectivity index (χ2v) is 8.66. The van der Waals surface area contributed by atoms with Gasteiger partial charge in [0.15, 0.2) is 11.0 Å². The van der Waals surface area contributed by atoms with Gasteiger partial charge in [0.25, 0.3) is 5.91 Å². The molecule has 2 amide bonds. The predicted octanol–water partition coefficient (Wildman–Crippen LogP) is -0.992. The van der Waals surface area contributed by atoms with Crippen molar-refractivity contribution in [2.24, 2.45) is 0 Å². The fourth-order valence-corrected chi connectivity index (χ4v) is 4.20. The van der Waals surface area contributed by atoms with Gasteiger partial charge in [-0.2, -0.15) is 9.97 Å². The van der Waals surface area contributed by atoms with Crippen LogP contribution < -0.4 is 10.6 Å². The molecule has 4 rings (SSSR count). The van der Waals surface area contributed by atoms with Crippen LogP contribution in [-0.2, 0) is 20.7 Å². The monoisotopic (exact) mass is 462 g/mol. The number of piperazine rings is 1. The number of rotatable bonds is 5. The summed E-state index contributed by atoms with van der Waals surface area (Å²) in [6.07, 6.45) is 0.591. The smallest absolute Gasteiger partial charge is 0.251 e. The Morgan fingerprint density at radius 3 is 2.44 bits per heavy atom. The third-order valence-corrected chi connectivity index (χ3v) is 6.14. The largest absolute Gasteiger partial charge is 0.384 e. The van der Waals surface area contributed by atoms with Crippen molar-refractivity contribution in [1.29, 1.82) is 0 Å². The summed E-state index contributed by atoms with van der Waals surface area (Å²) in [5.41, 5.74) is 5.77. The van der Waals surface area contributed by atoms with Gasteiger partial charge < -0.3 is 30.3 Å². The molecule has 13 heteroatoms. The second-order valence-electron chi connectivity index (χ2n) is 7.60. The van der Waals surface area contributed by atoms with E-state index < -0.39 is 6.10 Å². The lowest BCUT2D eigenvalue weighted by Gasteiger charge is -2.35. The van der Waals surface area contributed by atoms with Crippen LogP contribution in [0.1, 0.15) is 12.7 Å². The Kier molecular flexibility index (Phi) is 6.77. The summed E-state index contributed by atoms with van der Waals surface area (Å²) in [6, 6.07) is 0. The molecule has 0 spiro atoms. The summed E-state index contributed by atoms with van der Waals surface area (Å²) in [5, 5.41) is 9.89. The van der Waals surface area contributed by atoms with Crippen molar-refractivity contribution in [1.82, 2.24) is 29.7 Å². The molecule has 0 aliphatic carbocycles. The number of anilines is 2. The SMILES string of the molecule is CC(O)C(=O)N1CCN(C(=O)Cc2nc(-c3cnc(N)s3)nc(N3CCOCC3)n2)CC1. The van der Waals surface area contributed by atoms with Crippen molar-refractivity contribution < 1.29 is 19.4 Å².